The van der Waals surface area contributed by atoms with Gasteiger partial charge < -0.3 is 14.5 Å². The number of fused-ring (bicyclic) bond motifs is 2. The van der Waals surface area contributed by atoms with Gasteiger partial charge >= 0.3 is 0 Å². The van der Waals surface area contributed by atoms with Gasteiger partial charge in [0.25, 0.3) is 5.91 Å². The molecular weight excluding hydrogens is 425 g/mol. The molecule has 152 valence electrons. The normalized spacial score (nSPS) is 11.1. The van der Waals surface area contributed by atoms with Gasteiger partial charge in [-0.25, -0.2) is 0 Å². The molecule has 0 saturated carbocycles. The lowest BCUT2D eigenvalue weighted by molar-refractivity contribution is -0.118. The third kappa shape index (κ3) is 3.99. The van der Waals surface area contributed by atoms with E-state index in [-0.39, 0.29) is 17.9 Å². The molecule has 0 aliphatic heterocycles. The molecule has 0 fully saturated rings. The van der Waals surface area contributed by atoms with Crippen molar-refractivity contribution in [2.24, 2.45) is 0 Å². The summed E-state index contributed by atoms with van der Waals surface area (Å²) < 4.78 is 11.4. The van der Waals surface area contributed by atoms with Crippen LogP contribution in [0.25, 0.3) is 21.9 Å². The van der Waals surface area contributed by atoms with Crippen molar-refractivity contribution in [1.29, 1.82) is 0 Å². The number of benzene rings is 3. The molecule has 4 rings (SSSR count). The van der Waals surface area contributed by atoms with Crippen LogP contribution in [0, 0.1) is 13.8 Å². The van der Waals surface area contributed by atoms with Crippen LogP contribution in [0.2, 0.25) is 10.0 Å². The summed E-state index contributed by atoms with van der Waals surface area (Å²) in [5.41, 5.74) is 3.36. The molecule has 0 saturated heterocycles. The highest BCUT2D eigenvalue weighted by atomic mass is 35.5. The van der Waals surface area contributed by atoms with E-state index < -0.39 is 0 Å². The molecule has 1 amide bonds. The van der Waals surface area contributed by atoms with E-state index in [0.29, 0.717) is 43.4 Å². The van der Waals surface area contributed by atoms with Crippen molar-refractivity contribution in [2.45, 2.75) is 13.8 Å². The van der Waals surface area contributed by atoms with Gasteiger partial charge in [-0.05, 0) is 67.4 Å². The highest BCUT2D eigenvalue weighted by Gasteiger charge is 2.12. The van der Waals surface area contributed by atoms with Gasteiger partial charge in [0, 0.05) is 16.8 Å². The van der Waals surface area contributed by atoms with Crippen LogP contribution in [0.15, 0.2) is 57.7 Å². The summed E-state index contributed by atoms with van der Waals surface area (Å²) in [5, 5.41) is 4.52. The van der Waals surface area contributed by atoms with Gasteiger partial charge in [-0.15, -0.1) is 0 Å². The van der Waals surface area contributed by atoms with Gasteiger partial charge in [0.2, 0.25) is 5.43 Å². The third-order valence-electron chi connectivity index (χ3n) is 4.82. The van der Waals surface area contributed by atoms with Crippen LogP contribution in [-0.2, 0) is 4.79 Å². The Morgan fingerprint density at radius 2 is 1.70 bits per heavy atom. The van der Waals surface area contributed by atoms with Crippen molar-refractivity contribution in [2.75, 3.05) is 11.9 Å². The third-order valence-corrected chi connectivity index (χ3v) is 5.35. The lowest BCUT2D eigenvalue weighted by Gasteiger charge is -2.10. The van der Waals surface area contributed by atoms with E-state index in [9.17, 15) is 9.59 Å². The fourth-order valence-corrected chi connectivity index (χ4v) is 3.58. The number of ether oxygens (including phenoxy) is 1. The number of hydrogen-bond acceptors (Lipinski definition) is 4. The van der Waals surface area contributed by atoms with E-state index in [1.165, 1.54) is 6.07 Å². The lowest BCUT2D eigenvalue weighted by Crippen LogP contribution is -2.20. The fourth-order valence-electron chi connectivity index (χ4n) is 3.12. The first-order valence-corrected chi connectivity index (χ1v) is 9.93. The van der Waals surface area contributed by atoms with Crippen molar-refractivity contribution in [3.05, 3.63) is 79.9 Å². The minimum atomic E-state index is -0.380. The maximum atomic E-state index is 12.8. The maximum absolute atomic E-state index is 12.8. The summed E-state index contributed by atoms with van der Waals surface area (Å²) in [7, 11) is 0. The summed E-state index contributed by atoms with van der Waals surface area (Å²) >= 11 is 11.9. The number of halogens is 2. The highest BCUT2D eigenvalue weighted by molar-refractivity contribution is 6.35. The van der Waals surface area contributed by atoms with Crippen LogP contribution in [0.5, 0.6) is 5.75 Å². The Morgan fingerprint density at radius 3 is 2.47 bits per heavy atom. The number of amides is 1. The zero-order chi connectivity index (χ0) is 21.4. The summed E-state index contributed by atoms with van der Waals surface area (Å²) in [5.74, 6) is -0.0205. The molecule has 0 radical (unpaired) electrons. The zero-order valence-electron chi connectivity index (χ0n) is 16.2. The maximum Gasteiger partial charge on any atom is 0.262 e. The molecule has 0 unspecified atom stereocenters. The van der Waals surface area contributed by atoms with Crippen molar-refractivity contribution in [3.63, 3.8) is 0 Å². The van der Waals surface area contributed by atoms with Gasteiger partial charge in [0.1, 0.15) is 16.9 Å². The van der Waals surface area contributed by atoms with Gasteiger partial charge in [0.15, 0.2) is 6.61 Å². The van der Waals surface area contributed by atoms with Crippen LogP contribution in [0.4, 0.5) is 5.69 Å². The first kappa shape index (κ1) is 20.3. The topological polar surface area (TPSA) is 68.5 Å². The smallest absolute Gasteiger partial charge is 0.262 e. The molecule has 1 heterocycles. The molecule has 0 bridgehead atoms. The summed E-state index contributed by atoms with van der Waals surface area (Å²) in [6, 6.07) is 13.4. The predicted octanol–water partition coefficient (Wildman–Crippen LogP) is 5.89. The first-order valence-electron chi connectivity index (χ1n) is 9.17. The molecule has 0 aliphatic rings. The average Bonchev–Trinajstić information content (AvgIpc) is 2.69. The molecular formula is C23H17Cl2NO4. The SMILES string of the molecule is Cc1cc2oc3cc(NC(=O)COc4ccc(Cl)cc4Cl)ccc3c(=O)c2cc1C. The lowest BCUT2D eigenvalue weighted by atomic mass is 10.1. The van der Waals surface area contributed by atoms with E-state index in [4.69, 9.17) is 32.4 Å². The van der Waals surface area contributed by atoms with E-state index in [0.717, 1.165) is 11.1 Å². The Kier molecular flexibility index (Phi) is 5.41. The van der Waals surface area contributed by atoms with Crippen LogP contribution < -0.4 is 15.5 Å². The number of rotatable bonds is 4. The van der Waals surface area contributed by atoms with Crippen molar-refractivity contribution in [1.82, 2.24) is 0 Å². The summed E-state index contributed by atoms with van der Waals surface area (Å²) in [4.78, 5) is 25.1. The predicted molar refractivity (Wildman–Crippen MR) is 120 cm³/mol. The number of carbonyl (C=O) groups is 1. The standard InChI is InChI=1S/C23H17Cl2NO4/c1-12-7-17-20(8-13(12)2)30-21-10-15(4-5-16(21)23(17)28)26-22(27)11-29-19-6-3-14(24)9-18(19)25/h3-10H,11H2,1-2H3,(H,26,27). The number of aryl methyl sites for hydroxylation is 2. The number of carbonyl (C=O) groups excluding carboxylic acids is 1. The highest BCUT2D eigenvalue weighted by Crippen LogP contribution is 2.28. The van der Waals surface area contributed by atoms with E-state index in [2.05, 4.69) is 5.32 Å². The molecule has 7 heteroatoms. The average molecular weight is 442 g/mol. The Bertz CT molecular complexity index is 1360. The minimum Gasteiger partial charge on any atom is -0.482 e. The summed E-state index contributed by atoms with van der Waals surface area (Å²) in [6.45, 7) is 3.68. The van der Waals surface area contributed by atoms with Crippen molar-refractivity contribution >= 4 is 56.7 Å². The van der Waals surface area contributed by atoms with Gasteiger partial charge in [-0.3, -0.25) is 9.59 Å². The molecule has 4 aromatic rings. The molecule has 1 N–H and O–H groups in total. The zero-order valence-corrected chi connectivity index (χ0v) is 17.7. The van der Waals surface area contributed by atoms with E-state index in [1.807, 2.05) is 26.0 Å². The Hall–Kier alpha value is -3.02. The van der Waals surface area contributed by atoms with E-state index >= 15 is 0 Å². The molecule has 30 heavy (non-hydrogen) atoms. The molecule has 1 aromatic heterocycles. The first-order chi connectivity index (χ1) is 14.3. The van der Waals surface area contributed by atoms with Crippen LogP contribution in [0.3, 0.4) is 0 Å². The number of anilines is 1. The summed E-state index contributed by atoms with van der Waals surface area (Å²) in [6.07, 6.45) is 0. The largest absolute Gasteiger partial charge is 0.482 e. The molecule has 0 atom stereocenters. The van der Waals surface area contributed by atoms with Crippen LogP contribution in [-0.4, -0.2) is 12.5 Å². The Balaban J connectivity index is 1.57. The monoisotopic (exact) mass is 441 g/mol. The second-order valence-electron chi connectivity index (χ2n) is 6.99. The molecule has 3 aromatic carbocycles. The second kappa shape index (κ2) is 8.01. The fraction of sp³-hybridized carbons (Fsp3) is 0.130. The molecule has 5 nitrogen and oxygen atoms in total. The molecule has 0 spiro atoms. The number of nitrogens with one attached hydrogen (secondary N) is 1. The quantitative estimate of drug-likeness (QED) is 0.401. The minimum absolute atomic E-state index is 0.104. The van der Waals surface area contributed by atoms with Gasteiger partial charge in [-0.1, -0.05) is 23.2 Å². The Morgan fingerprint density at radius 1 is 0.967 bits per heavy atom. The van der Waals surface area contributed by atoms with Crippen molar-refractivity contribution in [3.8, 4) is 5.75 Å². The molecule has 0 aliphatic carbocycles. The van der Waals surface area contributed by atoms with E-state index in [1.54, 1.807) is 30.3 Å². The van der Waals surface area contributed by atoms with Gasteiger partial charge in [-0.2, -0.15) is 0 Å². The Labute approximate surface area is 182 Å². The number of hydrogen-bond donors (Lipinski definition) is 1. The second-order valence-corrected chi connectivity index (χ2v) is 7.83. The van der Waals surface area contributed by atoms with Crippen LogP contribution >= 0.6 is 23.2 Å². The van der Waals surface area contributed by atoms with Gasteiger partial charge in [0.05, 0.1) is 15.8 Å². The van der Waals surface area contributed by atoms with Crippen LogP contribution in [0.1, 0.15) is 11.1 Å². The van der Waals surface area contributed by atoms with Crippen molar-refractivity contribution < 1.29 is 13.9 Å².